The van der Waals surface area contributed by atoms with Gasteiger partial charge in [0.25, 0.3) is 11.8 Å². The Morgan fingerprint density at radius 3 is 1.57 bits per heavy atom. The molecule has 4 rings (SSSR count). The van der Waals surface area contributed by atoms with Crippen molar-refractivity contribution in [1.82, 2.24) is 9.80 Å². The molecule has 0 unspecified atom stereocenters. The second-order valence-corrected chi connectivity index (χ2v) is 14.6. The molecule has 0 atom stereocenters. The van der Waals surface area contributed by atoms with Gasteiger partial charge in [-0.1, -0.05) is 113 Å². The summed E-state index contributed by atoms with van der Waals surface area (Å²) in [7, 11) is 6.45. The highest BCUT2D eigenvalue weighted by Gasteiger charge is 2.36. The summed E-state index contributed by atoms with van der Waals surface area (Å²) in [5.74, 6) is 5.02. The lowest BCUT2D eigenvalue weighted by Gasteiger charge is -2.19. The van der Waals surface area contributed by atoms with E-state index in [1.165, 1.54) is 9.80 Å². The molecule has 280 valence electrons. The third-order valence-electron chi connectivity index (χ3n) is 8.93. The number of carbonyl (C=O) groups is 4. The van der Waals surface area contributed by atoms with Crippen LogP contribution in [0.15, 0.2) is 60.7 Å². The Hall–Kier alpha value is -4.94. The molecule has 0 aliphatic heterocycles. The minimum Gasteiger partial charge on any atom is -0.423 e. The second-order valence-electron chi connectivity index (χ2n) is 13.5. The molecule has 0 spiro atoms. The molecule has 3 aromatic carbocycles. The molecule has 9 heteroatoms. The van der Waals surface area contributed by atoms with Crippen LogP contribution in [0.2, 0.25) is 0 Å². The number of rotatable bonds is 17. The van der Waals surface area contributed by atoms with Crippen molar-refractivity contribution in [3.05, 3.63) is 92.7 Å². The summed E-state index contributed by atoms with van der Waals surface area (Å²) < 4.78 is 12.0. The molecule has 0 fully saturated rings. The van der Waals surface area contributed by atoms with E-state index in [0.29, 0.717) is 41.9 Å². The van der Waals surface area contributed by atoms with E-state index in [1.807, 2.05) is 12.1 Å². The van der Waals surface area contributed by atoms with E-state index in [1.54, 1.807) is 76.7 Å². The van der Waals surface area contributed by atoms with E-state index >= 15 is 0 Å². The molecular formula is C44H52N2O6S. The van der Waals surface area contributed by atoms with Gasteiger partial charge in [0.2, 0.25) is 0 Å². The topological polar surface area (TPSA) is 93.2 Å². The van der Waals surface area contributed by atoms with Crippen LogP contribution in [0.1, 0.15) is 136 Å². The van der Waals surface area contributed by atoms with Crippen molar-refractivity contribution >= 4 is 45.9 Å². The van der Waals surface area contributed by atoms with Gasteiger partial charge in [-0.25, -0.2) is 9.59 Å². The van der Waals surface area contributed by atoms with E-state index in [0.717, 1.165) is 69.1 Å². The van der Waals surface area contributed by atoms with Gasteiger partial charge >= 0.3 is 11.9 Å². The van der Waals surface area contributed by atoms with Crippen LogP contribution in [0, 0.1) is 11.8 Å². The smallest absolute Gasteiger partial charge is 0.345 e. The molecule has 1 heterocycles. The Balaban J connectivity index is 2.14. The summed E-state index contributed by atoms with van der Waals surface area (Å²) >= 11 is 0.968. The third kappa shape index (κ3) is 10.6. The van der Waals surface area contributed by atoms with Gasteiger partial charge < -0.3 is 19.3 Å². The fourth-order valence-electron chi connectivity index (χ4n) is 6.15. The van der Waals surface area contributed by atoms with Crippen LogP contribution >= 0.6 is 11.3 Å². The Bertz CT molecular complexity index is 1940. The highest BCUT2D eigenvalue weighted by atomic mass is 32.1. The van der Waals surface area contributed by atoms with E-state index in [-0.39, 0.29) is 31.7 Å². The normalized spacial score (nSPS) is 10.8. The van der Waals surface area contributed by atoms with Gasteiger partial charge in [-0.2, -0.15) is 0 Å². The van der Waals surface area contributed by atoms with Crippen molar-refractivity contribution in [2.45, 2.75) is 90.9 Å². The fourth-order valence-corrected chi connectivity index (χ4v) is 7.51. The molecule has 0 radical (unpaired) electrons. The lowest BCUT2D eigenvalue weighted by molar-refractivity contribution is 0.0721. The molecule has 0 bridgehead atoms. The highest BCUT2D eigenvalue weighted by molar-refractivity contribution is 7.18. The summed E-state index contributed by atoms with van der Waals surface area (Å²) in [6.07, 6.45) is 11.0. The number of nitrogens with zero attached hydrogens (tertiary/aromatic N) is 2. The zero-order valence-corrected chi connectivity index (χ0v) is 32.8. The Morgan fingerprint density at radius 2 is 1.06 bits per heavy atom. The first kappa shape index (κ1) is 40.8. The average molecular weight is 737 g/mol. The number of amides is 2. The predicted molar refractivity (Wildman–Crippen MR) is 213 cm³/mol. The van der Waals surface area contributed by atoms with Gasteiger partial charge in [0.1, 0.15) is 21.3 Å². The molecule has 2 amide bonds. The Morgan fingerprint density at radius 1 is 0.604 bits per heavy atom. The first-order valence-electron chi connectivity index (χ1n) is 18.7. The second kappa shape index (κ2) is 20.3. The Labute approximate surface area is 318 Å². The van der Waals surface area contributed by atoms with Crippen molar-refractivity contribution in [3.63, 3.8) is 0 Å². The minimum absolute atomic E-state index is 0.0708. The van der Waals surface area contributed by atoms with Gasteiger partial charge in [0, 0.05) is 50.9 Å². The summed E-state index contributed by atoms with van der Waals surface area (Å²) in [4.78, 5) is 60.5. The van der Waals surface area contributed by atoms with Gasteiger partial charge in [-0.05, 0) is 49.1 Å². The number of unbranched alkanes of at least 4 members (excludes halogenated alkanes) is 9. The standard InChI is InChI=1S/C44H52N2O6S/c1-7-9-11-13-15-23-29-33-34(30-24-16-14-12-10-8-2)36(44(50)52-32-27-21-18-22-28-32)38-37(35(33)43(49)51-31-25-19-17-20-26-31)39(41(47)45(3)4)53-40(38)42(48)46(5)6/h17-22,25-28H,7-16,23,29H2,1-6H3. The van der Waals surface area contributed by atoms with Crippen LogP contribution in [-0.2, 0) is 6.42 Å². The molecule has 0 saturated carbocycles. The van der Waals surface area contributed by atoms with E-state index in [9.17, 15) is 19.2 Å². The van der Waals surface area contributed by atoms with Crippen LogP contribution in [0.3, 0.4) is 0 Å². The molecule has 53 heavy (non-hydrogen) atoms. The molecular weight excluding hydrogens is 685 g/mol. The third-order valence-corrected chi connectivity index (χ3v) is 10.1. The number of carbonyl (C=O) groups excluding carboxylic acids is 4. The zero-order valence-electron chi connectivity index (χ0n) is 32.0. The number of hydrogen-bond donors (Lipinski definition) is 0. The van der Waals surface area contributed by atoms with Crippen molar-refractivity contribution < 1.29 is 28.7 Å². The maximum atomic E-state index is 14.7. The molecule has 8 nitrogen and oxygen atoms in total. The largest absolute Gasteiger partial charge is 0.423 e. The quantitative estimate of drug-likeness (QED) is 0.0464. The zero-order chi connectivity index (χ0) is 38.3. The predicted octanol–water partition coefficient (Wildman–Crippen LogP) is 9.97. The molecule has 1 aromatic heterocycles. The van der Waals surface area contributed by atoms with Gasteiger partial charge in [0.15, 0.2) is 0 Å². The first-order chi connectivity index (χ1) is 25.6. The van der Waals surface area contributed by atoms with Gasteiger partial charge in [0.05, 0.1) is 11.1 Å². The lowest BCUT2D eigenvalue weighted by atomic mass is 9.86. The lowest BCUT2D eigenvalue weighted by Crippen LogP contribution is -2.23. The van der Waals surface area contributed by atoms with Crippen molar-refractivity contribution in [3.8, 4) is 23.3 Å². The first-order valence-corrected chi connectivity index (χ1v) is 19.5. The van der Waals surface area contributed by atoms with Crippen molar-refractivity contribution in [1.29, 1.82) is 0 Å². The summed E-state index contributed by atoms with van der Waals surface area (Å²) in [6.45, 7) is 4.32. The van der Waals surface area contributed by atoms with Gasteiger partial charge in [-0.15, -0.1) is 11.3 Å². The summed E-state index contributed by atoms with van der Waals surface area (Å²) in [6, 6.07) is 17.4. The van der Waals surface area contributed by atoms with Crippen LogP contribution in [-0.4, -0.2) is 61.7 Å². The summed E-state index contributed by atoms with van der Waals surface area (Å²) in [5.41, 5.74) is 1.06. The number of para-hydroxylation sites is 2. The maximum absolute atomic E-state index is 14.7. The summed E-state index contributed by atoms with van der Waals surface area (Å²) in [5, 5.41) is 0.371. The van der Waals surface area contributed by atoms with E-state index in [2.05, 4.69) is 25.7 Å². The number of esters is 2. The SMILES string of the molecule is CCCCCCC#Cc1c(CCCCCCCC)c(C(=O)Oc2ccccc2)c2c(C(=O)N(C)C)sc(C(=O)N(C)C)c2c1C(=O)Oc1ccccc1. The van der Waals surface area contributed by atoms with Gasteiger partial charge in [-0.3, -0.25) is 9.59 Å². The van der Waals surface area contributed by atoms with Crippen LogP contribution in [0.5, 0.6) is 11.5 Å². The van der Waals surface area contributed by atoms with Crippen molar-refractivity contribution in [2.24, 2.45) is 0 Å². The highest BCUT2D eigenvalue weighted by Crippen LogP contribution is 2.42. The number of fused-ring (bicyclic) bond motifs is 1. The Kier molecular flexibility index (Phi) is 15.7. The van der Waals surface area contributed by atoms with E-state index in [4.69, 9.17) is 9.47 Å². The fraction of sp³-hybridized carbons (Fsp3) is 0.409. The van der Waals surface area contributed by atoms with Crippen LogP contribution in [0.4, 0.5) is 0 Å². The number of ether oxygens (including phenoxy) is 2. The molecule has 0 aliphatic carbocycles. The average Bonchev–Trinajstić information content (AvgIpc) is 3.53. The maximum Gasteiger partial charge on any atom is 0.345 e. The van der Waals surface area contributed by atoms with Crippen LogP contribution in [0.25, 0.3) is 10.8 Å². The van der Waals surface area contributed by atoms with E-state index < -0.39 is 23.8 Å². The number of hydrogen-bond acceptors (Lipinski definition) is 7. The monoisotopic (exact) mass is 736 g/mol. The molecule has 0 aliphatic rings. The number of benzene rings is 3. The molecule has 4 aromatic rings. The van der Waals surface area contributed by atoms with Crippen LogP contribution < -0.4 is 9.47 Å². The molecule has 0 N–H and O–H groups in total. The van der Waals surface area contributed by atoms with Crippen molar-refractivity contribution in [2.75, 3.05) is 28.2 Å². The number of thiophene rings is 1. The molecule has 0 saturated heterocycles. The minimum atomic E-state index is -0.724.